The van der Waals surface area contributed by atoms with Crippen molar-refractivity contribution in [1.29, 1.82) is 0 Å². The van der Waals surface area contributed by atoms with Crippen molar-refractivity contribution in [3.63, 3.8) is 0 Å². The summed E-state index contributed by atoms with van der Waals surface area (Å²) in [6, 6.07) is 1.45. The fourth-order valence-electron chi connectivity index (χ4n) is 0.735. The molecule has 0 aliphatic carbocycles. The first-order valence-corrected chi connectivity index (χ1v) is 5.92. The molecule has 1 N–H and O–H groups in total. The summed E-state index contributed by atoms with van der Waals surface area (Å²) in [5, 5.41) is 9.21. The minimum atomic E-state index is -0.690. The van der Waals surface area contributed by atoms with Gasteiger partial charge in [0.1, 0.15) is 5.75 Å². The average molecular weight is 443 g/mol. The zero-order valence-corrected chi connectivity index (χ0v) is 11.8. The van der Waals surface area contributed by atoms with Crippen LogP contribution in [-0.4, -0.2) is 10.3 Å². The second-order valence-electron chi connectivity index (χ2n) is 2.16. The maximum Gasteiger partial charge on any atom is 0.256 e. The highest BCUT2D eigenvalue weighted by Crippen LogP contribution is 2.35. The second-order valence-corrected chi connectivity index (χ2v) is 5.12. The number of phenolic OH excluding ortho intramolecular Hbond substituents is 1. The molecule has 70 valence electrons. The first-order valence-electron chi connectivity index (χ1n) is 3.01. The standard InChI is InChI=1S/C7H2Cl2I2O2/c8-4-3(10)1-2(7(9)13)6(12)5(4)11/h1,12H. The number of carbonyl (C=O) groups is 1. The van der Waals surface area contributed by atoms with E-state index in [1.165, 1.54) is 6.07 Å². The quantitative estimate of drug-likeness (QED) is 0.410. The highest BCUT2D eigenvalue weighted by molar-refractivity contribution is 14.1. The fraction of sp³-hybridized carbons (Fsp3) is 0. The smallest absolute Gasteiger partial charge is 0.256 e. The van der Waals surface area contributed by atoms with Crippen molar-refractivity contribution < 1.29 is 9.90 Å². The molecule has 0 spiro atoms. The van der Waals surface area contributed by atoms with Gasteiger partial charge in [-0.05, 0) is 62.8 Å². The predicted octanol–water partition coefficient (Wildman–Crippen LogP) is 3.63. The molecule has 2 nitrogen and oxygen atoms in total. The Morgan fingerprint density at radius 1 is 1.46 bits per heavy atom. The minimum Gasteiger partial charge on any atom is -0.506 e. The van der Waals surface area contributed by atoms with Crippen LogP contribution in [0.25, 0.3) is 0 Å². The molecule has 13 heavy (non-hydrogen) atoms. The molecule has 0 saturated heterocycles. The Morgan fingerprint density at radius 2 is 2.00 bits per heavy atom. The Labute approximate surface area is 112 Å². The summed E-state index contributed by atoms with van der Waals surface area (Å²) < 4.78 is 1.13. The molecule has 1 rings (SSSR count). The monoisotopic (exact) mass is 442 g/mol. The van der Waals surface area contributed by atoms with Gasteiger partial charge >= 0.3 is 0 Å². The number of rotatable bonds is 1. The van der Waals surface area contributed by atoms with Gasteiger partial charge in [-0.15, -0.1) is 0 Å². The van der Waals surface area contributed by atoms with Crippen LogP contribution >= 0.6 is 68.4 Å². The van der Waals surface area contributed by atoms with Crippen LogP contribution in [-0.2, 0) is 0 Å². The van der Waals surface area contributed by atoms with Gasteiger partial charge in [-0.3, -0.25) is 4.79 Å². The van der Waals surface area contributed by atoms with Crippen molar-refractivity contribution in [2.45, 2.75) is 0 Å². The molecule has 0 aromatic heterocycles. The maximum atomic E-state index is 10.8. The number of hydrogen-bond acceptors (Lipinski definition) is 2. The van der Waals surface area contributed by atoms with E-state index < -0.39 is 5.24 Å². The van der Waals surface area contributed by atoms with E-state index in [0.29, 0.717) is 12.2 Å². The third kappa shape index (κ3) is 2.40. The zero-order chi connectivity index (χ0) is 10.2. The molecule has 0 atom stereocenters. The summed E-state index contributed by atoms with van der Waals surface area (Å²) >= 11 is 14.9. The lowest BCUT2D eigenvalue weighted by Crippen LogP contribution is -1.94. The summed E-state index contributed by atoms with van der Waals surface area (Å²) in [6.45, 7) is 0. The molecule has 1 aromatic carbocycles. The third-order valence-electron chi connectivity index (χ3n) is 1.35. The van der Waals surface area contributed by atoms with E-state index in [-0.39, 0.29) is 11.3 Å². The topological polar surface area (TPSA) is 37.3 Å². The van der Waals surface area contributed by atoms with Crippen LogP contribution in [0, 0.1) is 7.14 Å². The van der Waals surface area contributed by atoms with Gasteiger partial charge in [-0.25, -0.2) is 0 Å². The predicted molar refractivity (Wildman–Crippen MR) is 68.7 cm³/mol. The van der Waals surface area contributed by atoms with E-state index in [2.05, 4.69) is 0 Å². The van der Waals surface area contributed by atoms with Gasteiger partial charge in [0.15, 0.2) is 0 Å². The van der Waals surface area contributed by atoms with E-state index in [9.17, 15) is 9.90 Å². The third-order valence-corrected chi connectivity index (χ3v) is 4.48. The van der Waals surface area contributed by atoms with E-state index >= 15 is 0 Å². The fourth-order valence-corrected chi connectivity index (χ4v) is 2.70. The summed E-state index contributed by atoms with van der Waals surface area (Å²) in [5.74, 6) is -0.161. The molecule has 0 aliphatic heterocycles. The maximum absolute atomic E-state index is 10.8. The zero-order valence-electron chi connectivity index (χ0n) is 5.94. The molecule has 0 radical (unpaired) electrons. The summed E-state index contributed by atoms with van der Waals surface area (Å²) in [5.41, 5.74) is 0.0832. The average Bonchev–Trinajstić information content (AvgIpc) is 2.07. The number of aromatic hydroxyl groups is 1. The molecule has 0 bridgehead atoms. The molecule has 0 fully saturated rings. The Morgan fingerprint density at radius 3 is 2.46 bits per heavy atom. The lowest BCUT2D eigenvalue weighted by Gasteiger charge is -2.05. The first kappa shape index (κ1) is 11.8. The van der Waals surface area contributed by atoms with Crippen LogP contribution in [0.5, 0.6) is 5.75 Å². The van der Waals surface area contributed by atoms with Crippen molar-refractivity contribution in [2.75, 3.05) is 0 Å². The van der Waals surface area contributed by atoms with Gasteiger partial charge in [0.2, 0.25) is 0 Å². The Hall–Kier alpha value is 0.730. The van der Waals surface area contributed by atoms with Crippen LogP contribution in [0.4, 0.5) is 0 Å². The van der Waals surface area contributed by atoms with Gasteiger partial charge in [-0.1, -0.05) is 11.6 Å². The number of hydrogen-bond donors (Lipinski definition) is 1. The Kier molecular flexibility index (Phi) is 4.09. The molecular formula is C7H2Cl2I2O2. The molecule has 0 aliphatic rings. The molecule has 6 heteroatoms. The largest absolute Gasteiger partial charge is 0.506 e. The van der Waals surface area contributed by atoms with Gasteiger partial charge in [0.25, 0.3) is 5.24 Å². The normalized spacial score (nSPS) is 10.2. The first-order chi connectivity index (χ1) is 5.95. The van der Waals surface area contributed by atoms with E-state index in [4.69, 9.17) is 23.2 Å². The van der Waals surface area contributed by atoms with Crippen molar-refractivity contribution in [3.05, 3.63) is 23.8 Å². The van der Waals surface area contributed by atoms with Crippen molar-refractivity contribution in [2.24, 2.45) is 0 Å². The van der Waals surface area contributed by atoms with Gasteiger partial charge in [0, 0.05) is 3.57 Å². The summed E-state index contributed by atoms with van der Waals surface area (Å²) in [6.07, 6.45) is 0. The van der Waals surface area contributed by atoms with Crippen molar-refractivity contribution in [3.8, 4) is 5.75 Å². The van der Waals surface area contributed by atoms with Gasteiger partial charge < -0.3 is 5.11 Å². The number of phenols is 1. The van der Waals surface area contributed by atoms with E-state index in [1.807, 2.05) is 45.2 Å². The van der Waals surface area contributed by atoms with Crippen molar-refractivity contribution >= 4 is 73.6 Å². The van der Waals surface area contributed by atoms with Crippen LogP contribution in [0.1, 0.15) is 10.4 Å². The molecule has 0 heterocycles. The SMILES string of the molecule is O=C(Cl)c1cc(I)c(Cl)c(I)c1O. The number of benzene rings is 1. The molecule has 1 aromatic rings. The van der Waals surface area contributed by atoms with E-state index in [1.54, 1.807) is 0 Å². The minimum absolute atomic E-state index is 0.0832. The molecule has 0 unspecified atom stereocenters. The second kappa shape index (κ2) is 4.50. The van der Waals surface area contributed by atoms with Crippen LogP contribution in [0.15, 0.2) is 6.07 Å². The van der Waals surface area contributed by atoms with Gasteiger partial charge in [-0.2, -0.15) is 0 Å². The molecule has 0 saturated carbocycles. The van der Waals surface area contributed by atoms with Crippen molar-refractivity contribution in [1.82, 2.24) is 0 Å². The lowest BCUT2D eigenvalue weighted by molar-refractivity contribution is 0.107. The lowest BCUT2D eigenvalue weighted by atomic mass is 10.2. The number of halogens is 4. The summed E-state index contributed by atoms with van der Waals surface area (Å²) in [7, 11) is 0. The molecular weight excluding hydrogens is 441 g/mol. The van der Waals surface area contributed by atoms with Crippen LogP contribution in [0.2, 0.25) is 5.02 Å². The summed E-state index contributed by atoms with van der Waals surface area (Å²) in [4.78, 5) is 10.8. The molecule has 0 amide bonds. The van der Waals surface area contributed by atoms with Crippen LogP contribution in [0.3, 0.4) is 0 Å². The Balaban J connectivity index is 3.50. The highest BCUT2D eigenvalue weighted by Gasteiger charge is 2.16. The van der Waals surface area contributed by atoms with Crippen LogP contribution < -0.4 is 0 Å². The van der Waals surface area contributed by atoms with E-state index in [0.717, 1.165) is 0 Å². The highest BCUT2D eigenvalue weighted by atomic mass is 127. The number of carbonyl (C=O) groups excluding carboxylic acids is 1. The van der Waals surface area contributed by atoms with Gasteiger partial charge in [0.05, 0.1) is 14.2 Å². The Bertz CT molecular complexity index is 379.